The second-order valence-corrected chi connectivity index (χ2v) is 3.41. The van der Waals surface area contributed by atoms with Gasteiger partial charge in [0.1, 0.15) is 0 Å². The van der Waals surface area contributed by atoms with Crippen LogP contribution in [0, 0.1) is 11.3 Å². The van der Waals surface area contributed by atoms with Crippen LogP contribution in [-0.2, 0) is 5.41 Å². The maximum absolute atomic E-state index is 9.26. The molecule has 0 N–H and O–H groups in total. The summed E-state index contributed by atoms with van der Waals surface area (Å²) in [6.07, 6.45) is 3.35. The van der Waals surface area contributed by atoms with Crippen molar-refractivity contribution in [2.75, 3.05) is 0 Å². The molecule has 0 aliphatic heterocycles. The molecule has 0 radical (unpaired) electrons. The molecule has 0 aromatic heterocycles. The van der Waals surface area contributed by atoms with Crippen LogP contribution < -0.4 is 0 Å². The summed E-state index contributed by atoms with van der Waals surface area (Å²) in [6, 6.07) is 12.3. The van der Waals surface area contributed by atoms with E-state index < -0.39 is 0 Å². The summed E-state index contributed by atoms with van der Waals surface area (Å²) in [5.41, 5.74) is 0.702. The van der Waals surface area contributed by atoms with Crippen molar-refractivity contribution < 1.29 is 0 Å². The van der Waals surface area contributed by atoms with E-state index in [9.17, 15) is 5.26 Å². The molecule has 0 aliphatic rings. The van der Waals surface area contributed by atoms with Crippen molar-refractivity contribution in [3.05, 3.63) is 48.6 Å². The number of nitrogens with zero attached hydrogens (tertiary/aromatic N) is 1. The zero-order valence-electron chi connectivity index (χ0n) is 8.53. The van der Waals surface area contributed by atoms with E-state index >= 15 is 0 Å². The first-order valence-electron chi connectivity index (χ1n) is 4.87. The van der Waals surface area contributed by atoms with E-state index in [2.05, 4.69) is 12.6 Å². The number of hydrogen-bond donors (Lipinski definition) is 0. The van der Waals surface area contributed by atoms with Crippen LogP contribution in [0.4, 0.5) is 0 Å². The molecule has 0 amide bonds. The third-order valence-corrected chi connectivity index (χ3v) is 2.64. The van der Waals surface area contributed by atoms with Gasteiger partial charge < -0.3 is 0 Å². The van der Waals surface area contributed by atoms with Crippen molar-refractivity contribution in [2.24, 2.45) is 0 Å². The molecule has 1 nitrogen and oxygen atoms in total. The summed E-state index contributed by atoms with van der Waals surface area (Å²) < 4.78 is 0. The smallest absolute Gasteiger partial charge is 0.0853 e. The largest absolute Gasteiger partial charge is 0.197 e. The van der Waals surface area contributed by atoms with E-state index in [1.807, 2.05) is 43.3 Å². The lowest BCUT2D eigenvalue weighted by atomic mass is 9.77. The van der Waals surface area contributed by atoms with Crippen molar-refractivity contribution in [1.29, 1.82) is 5.26 Å². The minimum absolute atomic E-state index is 0.386. The molecule has 0 aliphatic carbocycles. The van der Waals surface area contributed by atoms with Gasteiger partial charge in [-0.15, -0.1) is 6.58 Å². The van der Waals surface area contributed by atoms with Crippen molar-refractivity contribution in [3.63, 3.8) is 0 Å². The molecule has 72 valence electrons. The van der Waals surface area contributed by atoms with Gasteiger partial charge in [0.05, 0.1) is 11.5 Å². The highest BCUT2D eigenvalue weighted by molar-refractivity contribution is 5.32. The zero-order chi connectivity index (χ0) is 10.4. The predicted molar refractivity (Wildman–Crippen MR) is 58.8 cm³/mol. The van der Waals surface area contributed by atoms with E-state index in [0.29, 0.717) is 6.42 Å². The minimum atomic E-state index is -0.386. The molecule has 0 bridgehead atoms. The molecule has 0 spiro atoms. The van der Waals surface area contributed by atoms with Crippen molar-refractivity contribution >= 4 is 0 Å². The van der Waals surface area contributed by atoms with Crippen molar-refractivity contribution in [3.8, 4) is 6.07 Å². The van der Waals surface area contributed by atoms with Crippen LogP contribution in [-0.4, -0.2) is 0 Å². The third-order valence-electron chi connectivity index (χ3n) is 2.64. The summed E-state index contributed by atoms with van der Waals surface area (Å²) >= 11 is 0. The SMILES string of the molecule is C=CC[C@](C#N)(CC)c1ccccc1. The molecule has 0 fully saturated rings. The normalized spacial score (nSPS) is 14.0. The lowest BCUT2D eigenvalue weighted by Crippen LogP contribution is -2.21. The highest BCUT2D eigenvalue weighted by Crippen LogP contribution is 2.30. The fraction of sp³-hybridized carbons (Fsp3) is 0.308. The van der Waals surface area contributed by atoms with Gasteiger partial charge in [0, 0.05) is 0 Å². The Balaban J connectivity index is 3.12. The number of rotatable bonds is 4. The Morgan fingerprint density at radius 3 is 2.50 bits per heavy atom. The molecule has 14 heavy (non-hydrogen) atoms. The van der Waals surface area contributed by atoms with Crippen LogP contribution in [0.1, 0.15) is 25.3 Å². The molecule has 1 heteroatoms. The lowest BCUT2D eigenvalue weighted by molar-refractivity contribution is 0.537. The van der Waals surface area contributed by atoms with Gasteiger partial charge in [0.15, 0.2) is 0 Å². The van der Waals surface area contributed by atoms with Gasteiger partial charge in [0.25, 0.3) is 0 Å². The van der Waals surface area contributed by atoms with Gasteiger partial charge >= 0.3 is 0 Å². The van der Waals surface area contributed by atoms with E-state index in [1.165, 1.54) is 0 Å². The average Bonchev–Trinajstić information content (AvgIpc) is 2.27. The fourth-order valence-electron chi connectivity index (χ4n) is 1.66. The van der Waals surface area contributed by atoms with Crippen LogP contribution in [0.5, 0.6) is 0 Å². The summed E-state index contributed by atoms with van der Waals surface area (Å²) in [7, 11) is 0. The maximum atomic E-state index is 9.26. The summed E-state index contributed by atoms with van der Waals surface area (Å²) in [5, 5.41) is 9.26. The topological polar surface area (TPSA) is 23.8 Å². The number of benzene rings is 1. The highest BCUT2D eigenvalue weighted by Gasteiger charge is 2.28. The second-order valence-electron chi connectivity index (χ2n) is 3.41. The standard InChI is InChI=1S/C13H15N/c1-3-10-13(4-2,11-14)12-8-6-5-7-9-12/h3,5-9H,1,4,10H2,2H3/t13-/m0/s1. The fourth-order valence-corrected chi connectivity index (χ4v) is 1.66. The minimum Gasteiger partial charge on any atom is -0.197 e. The third kappa shape index (κ3) is 1.85. The molecule has 1 atom stereocenters. The Hall–Kier alpha value is -1.55. The zero-order valence-corrected chi connectivity index (χ0v) is 8.53. The average molecular weight is 185 g/mol. The Morgan fingerprint density at radius 1 is 1.43 bits per heavy atom. The number of nitriles is 1. The molecule has 1 aromatic rings. The summed E-state index contributed by atoms with van der Waals surface area (Å²) in [4.78, 5) is 0. The van der Waals surface area contributed by atoms with Gasteiger partial charge in [-0.1, -0.05) is 43.3 Å². The molecule has 0 heterocycles. The van der Waals surface area contributed by atoms with E-state index in [-0.39, 0.29) is 5.41 Å². The Kier molecular flexibility index (Phi) is 3.48. The van der Waals surface area contributed by atoms with Crippen molar-refractivity contribution in [2.45, 2.75) is 25.2 Å². The number of hydrogen-bond acceptors (Lipinski definition) is 1. The van der Waals surface area contributed by atoms with Crippen LogP contribution in [0.25, 0.3) is 0 Å². The van der Waals surface area contributed by atoms with Crippen LogP contribution in [0.3, 0.4) is 0 Å². The van der Waals surface area contributed by atoms with Gasteiger partial charge in [-0.25, -0.2) is 0 Å². The van der Waals surface area contributed by atoms with Gasteiger partial charge in [0.2, 0.25) is 0 Å². The monoisotopic (exact) mass is 185 g/mol. The molecular weight excluding hydrogens is 170 g/mol. The van der Waals surface area contributed by atoms with Crippen molar-refractivity contribution in [1.82, 2.24) is 0 Å². The maximum Gasteiger partial charge on any atom is 0.0853 e. The van der Waals surface area contributed by atoms with Crippen LogP contribution in [0.2, 0.25) is 0 Å². The van der Waals surface area contributed by atoms with Crippen LogP contribution in [0.15, 0.2) is 43.0 Å². The van der Waals surface area contributed by atoms with E-state index in [0.717, 1.165) is 12.0 Å². The quantitative estimate of drug-likeness (QED) is 0.659. The lowest BCUT2D eigenvalue weighted by Gasteiger charge is -2.23. The molecular formula is C13H15N. The predicted octanol–water partition coefficient (Wildman–Crippen LogP) is 3.43. The van der Waals surface area contributed by atoms with E-state index in [4.69, 9.17) is 0 Å². The van der Waals surface area contributed by atoms with E-state index in [1.54, 1.807) is 0 Å². The highest BCUT2D eigenvalue weighted by atomic mass is 14.4. The molecule has 0 saturated heterocycles. The molecule has 1 rings (SSSR count). The molecule has 0 unspecified atom stereocenters. The first-order chi connectivity index (χ1) is 6.79. The van der Waals surface area contributed by atoms with Gasteiger partial charge in [-0.05, 0) is 18.4 Å². The van der Waals surface area contributed by atoms with Crippen LogP contribution >= 0.6 is 0 Å². The second kappa shape index (κ2) is 4.62. The van der Waals surface area contributed by atoms with Gasteiger partial charge in [-0.2, -0.15) is 5.26 Å². The summed E-state index contributed by atoms with van der Waals surface area (Å²) in [6.45, 7) is 5.76. The Morgan fingerprint density at radius 2 is 2.07 bits per heavy atom. The first kappa shape index (κ1) is 10.5. The Labute approximate surface area is 85.7 Å². The molecule has 0 saturated carbocycles. The first-order valence-corrected chi connectivity index (χ1v) is 4.87. The van der Waals surface area contributed by atoms with Gasteiger partial charge in [-0.3, -0.25) is 0 Å². The Bertz CT molecular complexity index is 334. The number of allylic oxidation sites excluding steroid dienone is 1. The summed E-state index contributed by atoms with van der Waals surface area (Å²) in [5.74, 6) is 0. The molecule has 1 aromatic carbocycles.